The van der Waals surface area contributed by atoms with Gasteiger partial charge < -0.3 is 10.2 Å². The number of nitrogens with one attached hydrogen (secondary N) is 1. The molecule has 1 aromatic carbocycles. The second-order valence-electron chi connectivity index (χ2n) is 6.40. The minimum Gasteiger partial charge on any atom is -0.434 e. The fraction of sp³-hybridized carbons (Fsp3) is 0.0952. The van der Waals surface area contributed by atoms with Crippen molar-refractivity contribution in [2.24, 2.45) is 0 Å². The number of sulfonamides is 1. The summed E-state index contributed by atoms with van der Waals surface area (Å²) in [6.45, 7) is 0. The van der Waals surface area contributed by atoms with Gasteiger partial charge in [-0.3, -0.25) is 4.72 Å². The van der Waals surface area contributed by atoms with E-state index in [9.17, 15) is 8.42 Å². The number of benzene rings is 1. The van der Waals surface area contributed by atoms with Crippen molar-refractivity contribution in [1.82, 2.24) is 4.98 Å². The van der Waals surface area contributed by atoms with Crippen LogP contribution in [0.1, 0.15) is 23.3 Å². The van der Waals surface area contributed by atoms with E-state index in [4.69, 9.17) is 21.8 Å². The summed E-state index contributed by atoms with van der Waals surface area (Å²) in [4.78, 5) is 4.28. The van der Waals surface area contributed by atoms with E-state index in [1.54, 1.807) is 12.1 Å². The molecular weight excluding hydrogens is 442 g/mol. The number of allylic oxidation sites excluding steroid dienone is 1. The third-order valence-corrected chi connectivity index (χ3v) is 6.61. The van der Waals surface area contributed by atoms with Gasteiger partial charge in [0.25, 0.3) is 10.0 Å². The van der Waals surface area contributed by atoms with E-state index < -0.39 is 10.0 Å². The molecule has 1 aliphatic carbocycles. The van der Waals surface area contributed by atoms with Crippen LogP contribution in [0.4, 0.5) is 11.4 Å². The van der Waals surface area contributed by atoms with E-state index in [-0.39, 0.29) is 10.8 Å². The van der Waals surface area contributed by atoms with Crippen LogP contribution in [0.25, 0.3) is 6.08 Å². The zero-order chi connectivity index (χ0) is 21.1. The van der Waals surface area contributed by atoms with Gasteiger partial charge in [0, 0.05) is 35.7 Å². The van der Waals surface area contributed by atoms with E-state index >= 15 is 0 Å². The first-order valence-electron chi connectivity index (χ1n) is 8.85. The Morgan fingerprint density at radius 1 is 1.30 bits per heavy atom. The number of nitrogen functional groups attached to an aromatic ring is 1. The molecule has 0 unspecified atom stereocenters. The van der Waals surface area contributed by atoms with Gasteiger partial charge in [-0.25, -0.2) is 4.98 Å². The van der Waals surface area contributed by atoms with E-state index in [0.29, 0.717) is 39.2 Å². The SMILES string of the molecule is Nc1cccc(CSc2ncc(Cl)cc2NS(=O)(=O)c2cc3c(o2)C#CCC=C3)c1. The Kier molecular flexibility index (Phi) is 5.77. The lowest BCUT2D eigenvalue weighted by atomic mass is 10.2. The monoisotopic (exact) mass is 457 g/mol. The van der Waals surface area contributed by atoms with Crippen LogP contribution in [-0.4, -0.2) is 13.4 Å². The van der Waals surface area contributed by atoms with Crippen LogP contribution in [0.3, 0.4) is 0 Å². The number of pyridine rings is 1. The fourth-order valence-electron chi connectivity index (χ4n) is 2.76. The molecule has 1 aliphatic rings. The topological polar surface area (TPSA) is 98.2 Å². The Bertz CT molecular complexity index is 1300. The van der Waals surface area contributed by atoms with Gasteiger partial charge in [0.2, 0.25) is 5.09 Å². The molecule has 2 heterocycles. The minimum absolute atomic E-state index is 0.222. The molecule has 3 N–H and O–H groups in total. The van der Waals surface area contributed by atoms with E-state index in [2.05, 4.69) is 21.5 Å². The van der Waals surface area contributed by atoms with Crippen molar-refractivity contribution in [2.75, 3.05) is 10.5 Å². The molecule has 0 bridgehead atoms. The van der Waals surface area contributed by atoms with E-state index in [0.717, 1.165) is 5.56 Å². The number of fused-ring (bicyclic) bond motifs is 1. The quantitative estimate of drug-likeness (QED) is 0.314. The smallest absolute Gasteiger partial charge is 0.295 e. The number of hydrogen-bond acceptors (Lipinski definition) is 6. The Morgan fingerprint density at radius 2 is 2.17 bits per heavy atom. The molecule has 0 radical (unpaired) electrons. The number of thioether (sulfide) groups is 1. The maximum Gasteiger partial charge on any atom is 0.295 e. The average molecular weight is 458 g/mol. The maximum absolute atomic E-state index is 12.9. The number of nitrogens with zero attached hydrogens (tertiary/aromatic N) is 1. The molecule has 0 saturated carbocycles. The van der Waals surface area contributed by atoms with Crippen molar-refractivity contribution in [3.8, 4) is 11.8 Å². The molecule has 4 rings (SSSR count). The molecule has 0 amide bonds. The van der Waals surface area contributed by atoms with Gasteiger partial charge in [-0.05, 0) is 29.7 Å². The molecule has 152 valence electrons. The van der Waals surface area contributed by atoms with E-state index in [1.165, 1.54) is 30.1 Å². The van der Waals surface area contributed by atoms with Crippen LogP contribution in [-0.2, 0) is 15.8 Å². The van der Waals surface area contributed by atoms with Crippen LogP contribution in [0.5, 0.6) is 0 Å². The fourth-order valence-corrected chi connectivity index (χ4v) is 4.88. The molecule has 0 saturated heterocycles. The van der Waals surface area contributed by atoms with Gasteiger partial charge in [-0.2, -0.15) is 8.42 Å². The molecule has 0 spiro atoms. The number of furan rings is 1. The highest BCUT2D eigenvalue weighted by atomic mass is 35.5. The van der Waals surface area contributed by atoms with Crippen molar-refractivity contribution in [3.05, 3.63) is 70.6 Å². The summed E-state index contributed by atoms with van der Waals surface area (Å²) in [5.41, 5.74) is 8.36. The van der Waals surface area contributed by atoms with Gasteiger partial charge in [0.05, 0.1) is 10.7 Å². The number of aromatic nitrogens is 1. The summed E-state index contributed by atoms with van der Waals surface area (Å²) in [5.74, 6) is 6.59. The van der Waals surface area contributed by atoms with Crippen molar-refractivity contribution in [1.29, 1.82) is 0 Å². The Morgan fingerprint density at radius 3 is 3.00 bits per heavy atom. The summed E-state index contributed by atoms with van der Waals surface area (Å²) in [6, 6.07) is 10.4. The minimum atomic E-state index is -4.00. The largest absolute Gasteiger partial charge is 0.434 e. The van der Waals surface area contributed by atoms with E-state index in [1.807, 2.05) is 24.3 Å². The summed E-state index contributed by atoms with van der Waals surface area (Å²) < 4.78 is 33.8. The predicted octanol–water partition coefficient (Wildman–Crippen LogP) is 4.77. The lowest BCUT2D eigenvalue weighted by Crippen LogP contribution is -2.13. The van der Waals surface area contributed by atoms with Crippen molar-refractivity contribution in [3.63, 3.8) is 0 Å². The van der Waals surface area contributed by atoms with Gasteiger partial charge in [0.1, 0.15) is 5.03 Å². The van der Waals surface area contributed by atoms with Crippen molar-refractivity contribution >= 4 is 50.8 Å². The van der Waals surface area contributed by atoms with Gasteiger partial charge in [-0.1, -0.05) is 53.6 Å². The summed E-state index contributed by atoms with van der Waals surface area (Å²) in [6.07, 6.45) is 5.69. The number of rotatable bonds is 6. The molecule has 0 atom stereocenters. The van der Waals surface area contributed by atoms with Crippen molar-refractivity contribution in [2.45, 2.75) is 22.3 Å². The highest BCUT2D eigenvalue weighted by Crippen LogP contribution is 2.32. The first-order chi connectivity index (χ1) is 14.4. The van der Waals surface area contributed by atoms with Crippen LogP contribution in [0.2, 0.25) is 5.02 Å². The molecular formula is C21H16ClN3O3S2. The van der Waals surface area contributed by atoms with Gasteiger partial charge in [-0.15, -0.1) is 0 Å². The standard InChI is InChI=1S/C21H16ClN3O3S2/c22-16-11-18(21(24-12-16)29-13-14-5-4-7-17(23)9-14)25-30(26,27)20-10-15-6-2-1-3-8-19(15)28-20/h2,4-7,9-12,25H,1,13,23H2. The lowest BCUT2D eigenvalue weighted by molar-refractivity contribution is 0.443. The highest BCUT2D eigenvalue weighted by molar-refractivity contribution is 7.98. The van der Waals surface area contributed by atoms with Crippen LogP contribution in [0.15, 0.2) is 63.2 Å². The lowest BCUT2D eigenvalue weighted by Gasteiger charge is -2.11. The second-order valence-corrected chi connectivity index (χ2v) is 9.42. The number of halogens is 1. The first-order valence-corrected chi connectivity index (χ1v) is 11.7. The Hall–Kier alpha value is -2.86. The average Bonchev–Trinajstić information content (AvgIpc) is 2.99. The summed E-state index contributed by atoms with van der Waals surface area (Å²) in [7, 11) is -4.00. The van der Waals surface area contributed by atoms with Gasteiger partial charge in [0.15, 0.2) is 5.76 Å². The summed E-state index contributed by atoms with van der Waals surface area (Å²) in [5, 5.41) is 0.573. The first kappa shape index (κ1) is 20.4. The highest BCUT2D eigenvalue weighted by Gasteiger charge is 2.23. The Balaban J connectivity index is 1.59. The van der Waals surface area contributed by atoms with Crippen LogP contribution in [0, 0.1) is 11.8 Å². The maximum atomic E-state index is 12.9. The molecule has 3 aromatic rings. The molecule has 9 heteroatoms. The number of hydrogen-bond donors (Lipinski definition) is 2. The molecule has 2 aromatic heterocycles. The normalized spacial score (nSPS) is 12.6. The molecule has 6 nitrogen and oxygen atoms in total. The zero-order valence-corrected chi connectivity index (χ0v) is 17.9. The van der Waals surface area contributed by atoms with Gasteiger partial charge >= 0.3 is 0 Å². The van der Waals surface area contributed by atoms with Crippen molar-refractivity contribution < 1.29 is 12.8 Å². The Labute approximate surface area is 183 Å². The van der Waals surface area contributed by atoms with Crippen LogP contribution < -0.4 is 10.5 Å². The number of anilines is 2. The predicted molar refractivity (Wildman–Crippen MR) is 120 cm³/mol. The van der Waals surface area contributed by atoms with Crippen LogP contribution >= 0.6 is 23.4 Å². The zero-order valence-electron chi connectivity index (χ0n) is 15.6. The molecule has 30 heavy (non-hydrogen) atoms. The third kappa shape index (κ3) is 4.65. The second kappa shape index (κ2) is 8.48. The summed E-state index contributed by atoms with van der Waals surface area (Å²) >= 11 is 7.42. The number of nitrogens with two attached hydrogens (primary N) is 1. The molecule has 0 fully saturated rings. The molecule has 0 aliphatic heterocycles. The third-order valence-electron chi connectivity index (χ3n) is 4.11.